The minimum atomic E-state index is -0.726. The maximum atomic E-state index is 13.6. The number of piperazine rings is 1. The average Bonchev–Trinajstić information content (AvgIpc) is 2.65. The molecule has 1 amide bonds. The van der Waals surface area contributed by atoms with Crippen molar-refractivity contribution in [2.45, 2.75) is 6.92 Å². The van der Waals surface area contributed by atoms with Crippen molar-refractivity contribution >= 4 is 17.4 Å². The van der Waals surface area contributed by atoms with Gasteiger partial charge in [-0.05, 0) is 18.7 Å². The number of rotatable bonds is 4. The zero-order valence-electron chi connectivity index (χ0n) is 13.9. The number of carbonyl (C=O) groups is 1. The third-order valence-corrected chi connectivity index (χ3v) is 4.19. The number of carbonyl (C=O) groups excluding carboxylic acids is 1. The zero-order chi connectivity index (χ0) is 17.8. The van der Waals surface area contributed by atoms with Crippen molar-refractivity contribution in [2.24, 2.45) is 0 Å². The van der Waals surface area contributed by atoms with Crippen molar-refractivity contribution in [1.82, 2.24) is 19.8 Å². The summed E-state index contributed by atoms with van der Waals surface area (Å²) in [5.74, 6) is -1.48. The fraction of sp³-hybridized carbons (Fsp3) is 0.353. The SMILES string of the molecule is CCN1CCN(C(=O)c2cnc(Nc3c(F)cccc3F)cn2)CC1. The molecule has 1 aliphatic rings. The van der Waals surface area contributed by atoms with Gasteiger partial charge in [0, 0.05) is 26.2 Å². The number of nitrogens with one attached hydrogen (secondary N) is 1. The maximum absolute atomic E-state index is 13.6. The van der Waals surface area contributed by atoms with Crippen LogP contribution in [0.25, 0.3) is 0 Å². The quantitative estimate of drug-likeness (QED) is 0.919. The van der Waals surface area contributed by atoms with Gasteiger partial charge in [-0.25, -0.2) is 18.7 Å². The fourth-order valence-corrected chi connectivity index (χ4v) is 2.68. The van der Waals surface area contributed by atoms with Gasteiger partial charge in [0.05, 0.1) is 12.4 Å². The molecule has 8 heteroatoms. The molecule has 0 unspecified atom stereocenters. The Morgan fingerprint density at radius 2 is 1.80 bits per heavy atom. The molecule has 0 radical (unpaired) electrons. The van der Waals surface area contributed by atoms with Crippen LogP contribution in [0.2, 0.25) is 0 Å². The Labute approximate surface area is 144 Å². The van der Waals surface area contributed by atoms with E-state index in [9.17, 15) is 13.6 Å². The number of halogens is 2. The van der Waals surface area contributed by atoms with E-state index in [1.807, 2.05) is 0 Å². The zero-order valence-corrected chi connectivity index (χ0v) is 13.9. The number of aromatic nitrogens is 2. The second kappa shape index (κ2) is 7.52. The van der Waals surface area contributed by atoms with Crippen LogP contribution in [0.4, 0.5) is 20.3 Å². The van der Waals surface area contributed by atoms with Crippen molar-refractivity contribution < 1.29 is 13.6 Å². The third-order valence-electron chi connectivity index (χ3n) is 4.19. The number of hydrogen-bond acceptors (Lipinski definition) is 5. The summed E-state index contributed by atoms with van der Waals surface area (Å²) in [6.45, 7) is 6.02. The van der Waals surface area contributed by atoms with E-state index >= 15 is 0 Å². The first-order chi connectivity index (χ1) is 12.1. The largest absolute Gasteiger partial charge is 0.335 e. The molecule has 0 spiro atoms. The van der Waals surface area contributed by atoms with Gasteiger partial charge in [0.15, 0.2) is 0 Å². The molecule has 6 nitrogen and oxygen atoms in total. The van der Waals surface area contributed by atoms with Gasteiger partial charge < -0.3 is 15.1 Å². The first-order valence-electron chi connectivity index (χ1n) is 8.13. The van der Waals surface area contributed by atoms with E-state index in [4.69, 9.17) is 0 Å². The Kier molecular flexibility index (Phi) is 5.18. The highest BCUT2D eigenvalue weighted by atomic mass is 19.1. The third kappa shape index (κ3) is 3.90. The maximum Gasteiger partial charge on any atom is 0.274 e. The second-order valence-electron chi connectivity index (χ2n) is 5.73. The highest BCUT2D eigenvalue weighted by Crippen LogP contribution is 2.21. The minimum Gasteiger partial charge on any atom is -0.335 e. The molecule has 132 valence electrons. The van der Waals surface area contributed by atoms with Crippen LogP contribution in [-0.2, 0) is 0 Å². The van der Waals surface area contributed by atoms with Crippen molar-refractivity contribution in [3.05, 3.63) is 47.9 Å². The molecule has 2 heterocycles. The van der Waals surface area contributed by atoms with E-state index < -0.39 is 11.6 Å². The van der Waals surface area contributed by atoms with Gasteiger partial charge in [0.1, 0.15) is 28.8 Å². The number of amides is 1. The summed E-state index contributed by atoms with van der Waals surface area (Å²) in [4.78, 5) is 24.6. The summed E-state index contributed by atoms with van der Waals surface area (Å²) in [5, 5.41) is 2.54. The van der Waals surface area contributed by atoms with E-state index in [1.54, 1.807) is 4.90 Å². The van der Waals surface area contributed by atoms with E-state index in [1.165, 1.54) is 18.5 Å². The predicted octanol–water partition coefficient (Wildman–Crippen LogP) is 2.28. The molecule has 1 fully saturated rings. The highest BCUT2D eigenvalue weighted by molar-refractivity contribution is 5.92. The number of hydrogen-bond donors (Lipinski definition) is 1. The lowest BCUT2D eigenvalue weighted by Gasteiger charge is -2.33. The molecule has 1 aromatic heterocycles. The molecular formula is C17H19F2N5O. The lowest BCUT2D eigenvalue weighted by Crippen LogP contribution is -2.48. The number of benzene rings is 1. The van der Waals surface area contributed by atoms with Crippen LogP contribution in [0.5, 0.6) is 0 Å². The van der Waals surface area contributed by atoms with E-state index in [2.05, 4.69) is 27.1 Å². The highest BCUT2D eigenvalue weighted by Gasteiger charge is 2.22. The molecular weight excluding hydrogens is 328 g/mol. The summed E-state index contributed by atoms with van der Waals surface area (Å²) in [6.07, 6.45) is 2.61. The first-order valence-corrected chi connectivity index (χ1v) is 8.13. The predicted molar refractivity (Wildman–Crippen MR) is 89.7 cm³/mol. The topological polar surface area (TPSA) is 61.4 Å². The van der Waals surface area contributed by atoms with Crippen LogP contribution in [0.1, 0.15) is 17.4 Å². The van der Waals surface area contributed by atoms with Crippen molar-refractivity contribution in [3.63, 3.8) is 0 Å². The molecule has 1 aliphatic heterocycles. The number of nitrogens with zero attached hydrogens (tertiary/aromatic N) is 4. The van der Waals surface area contributed by atoms with Crippen LogP contribution < -0.4 is 5.32 Å². The molecule has 1 saturated heterocycles. The van der Waals surface area contributed by atoms with Crippen LogP contribution in [-0.4, -0.2) is 58.4 Å². The van der Waals surface area contributed by atoms with Crippen LogP contribution in [0, 0.1) is 11.6 Å². The smallest absolute Gasteiger partial charge is 0.274 e. The molecule has 0 bridgehead atoms. The summed E-state index contributed by atoms with van der Waals surface area (Å²) in [5.41, 5.74) is -0.0870. The molecule has 2 aromatic rings. The molecule has 1 aromatic carbocycles. The van der Waals surface area contributed by atoms with Gasteiger partial charge in [-0.1, -0.05) is 13.0 Å². The molecule has 0 atom stereocenters. The normalized spacial score (nSPS) is 15.2. The average molecular weight is 347 g/mol. The number of anilines is 2. The molecule has 25 heavy (non-hydrogen) atoms. The number of likely N-dealkylation sites (N-methyl/N-ethyl adjacent to an activating group) is 1. The summed E-state index contributed by atoms with van der Waals surface area (Å²) in [7, 11) is 0. The fourth-order valence-electron chi connectivity index (χ4n) is 2.68. The molecule has 3 rings (SSSR count). The second-order valence-corrected chi connectivity index (χ2v) is 5.73. The summed E-state index contributed by atoms with van der Waals surface area (Å²) in [6, 6.07) is 3.57. The lowest BCUT2D eigenvalue weighted by molar-refractivity contribution is 0.0637. The lowest BCUT2D eigenvalue weighted by atomic mass is 10.2. The summed E-state index contributed by atoms with van der Waals surface area (Å²) >= 11 is 0. The number of para-hydroxylation sites is 1. The molecule has 0 aliphatic carbocycles. The molecule has 1 N–H and O–H groups in total. The Morgan fingerprint density at radius 1 is 1.12 bits per heavy atom. The van der Waals surface area contributed by atoms with Crippen LogP contribution >= 0.6 is 0 Å². The Hall–Kier alpha value is -2.61. The van der Waals surface area contributed by atoms with Crippen molar-refractivity contribution in [1.29, 1.82) is 0 Å². The van der Waals surface area contributed by atoms with E-state index in [0.29, 0.717) is 13.1 Å². The molecule has 0 saturated carbocycles. The van der Waals surface area contributed by atoms with Gasteiger partial charge in [0.2, 0.25) is 0 Å². The Balaban J connectivity index is 1.67. The van der Waals surface area contributed by atoms with E-state index in [-0.39, 0.29) is 23.1 Å². The van der Waals surface area contributed by atoms with Crippen LogP contribution in [0.15, 0.2) is 30.6 Å². The Bertz CT molecular complexity index is 725. The van der Waals surface area contributed by atoms with Crippen molar-refractivity contribution in [3.8, 4) is 0 Å². The van der Waals surface area contributed by atoms with Gasteiger partial charge in [-0.2, -0.15) is 0 Å². The standard InChI is InChI=1S/C17H19F2N5O/c1-2-23-6-8-24(9-7-23)17(25)14-10-21-15(11-20-14)22-16-12(18)4-3-5-13(16)19/h3-5,10-11H,2,6-9H2,1H3,(H,21,22). The monoisotopic (exact) mass is 347 g/mol. The van der Waals surface area contributed by atoms with Crippen molar-refractivity contribution in [2.75, 3.05) is 38.0 Å². The first kappa shape index (κ1) is 17.2. The summed E-state index contributed by atoms with van der Waals surface area (Å²) < 4.78 is 27.3. The van der Waals surface area contributed by atoms with Gasteiger partial charge in [-0.15, -0.1) is 0 Å². The van der Waals surface area contributed by atoms with Crippen LogP contribution in [0.3, 0.4) is 0 Å². The minimum absolute atomic E-state index is 0.163. The van der Waals surface area contributed by atoms with E-state index in [0.717, 1.165) is 31.8 Å². The Morgan fingerprint density at radius 3 is 2.36 bits per heavy atom. The van der Waals surface area contributed by atoms with Gasteiger partial charge >= 0.3 is 0 Å². The van der Waals surface area contributed by atoms with Gasteiger partial charge in [0.25, 0.3) is 5.91 Å². The van der Waals surface area contributed by atoms with Gasteiger partial charge in [-0.3, -0.25) is 4.79 Å².